The van der Waals surface area contributed by atoms with Crippen molar-refractivity contribution in [3.63, 3.8) is 0 Å². The highest BCUT2D eigenvalue weighted by Gasteiger charge is 2.45. The first-order valence-electron chi connectivity index (χ1n) is 11.4. The van der Waals surface area contributed by atoms with E-state index in [1.807, 2.05) is 23.9 Å². The van der Waals surface area contributed by atoms with Crippen molar-refractivity contribution in [3.8, 4) is 11.5 Å². The Morgan fingerprint density at radius 2 is 2.00 bits per heavy atom. The van der Waals surface area contributed by atoms with Crippen molar-refractivity contribution in [1.82, 2.24) is 14.7 Å². The molecule has 1 unspecified atom stereocenters. The van der Waals surface area contributed by atoms with Crippen LogP contribution in [0, 0.1) is 5.92 Å². The molecule has 8 heteroatoms. The number of benzene rings is 1. The molecule has 1 atom stereocenters. The quantitative estimate of drug-likeness (QED) is 0.667. The molecule has 1 aromatic rings. The lowest BCUT2D eigenvalue weighted by Gasteiger charge is -2.44. The Bertz CT molecular complexity index is 892. The number of rotatable bonds is 6. The molecule has 4 rings (SSSR count). The average Bonchev–Trinajstić information content (AvgIpc) is 3.14. The van der Waals surface area contributed by atoms with Crippen LogP contribution >= 0.6 is 0 Å². The van der Waals surface area contributed by atoms with Gasteiger partial charge in [-0.2, -0.15) is 0 Å². The van der Waals surface area contributed by atoms with Crippen molar-refractivity contribution in [3.05, 3.63) is 23.8 Å². The summed E-state index contributed by atoms with van der Waals surface area (Å²) >= 11 is 0. The number of hydrogen-bond donors (Lipinski definition) is 0. The topological polar surface area (TPSA) is 79.4 Å². The Morgan fingerprint density at radius 3 is 2.69 bits per heavy atom. The molecule has 1 aromatic carbocycles. The van der Waals surface area contributed by atoms with Gasteiger partial charge in [0, 0.05) is 45.4 Å². The van der Waals surface area contributed by atoms with E-state index in [9.17, 15) is 14.4 Å². The summed E-state index contributed by atoms with van der Waals surface area (Å²) in [6.45, 7) is 3.22. The predicted octanol–water partition coefficient (Wildman–Crippen LogP) is 1.82. The van der Waals surface area contributed by atoms with Crippen LogP contribution in [0.1, 0.15) is 42.5 Å². The van der Waals surface area contributed by atoms with Gasteiger partial charge in [-0.3, -0.25) is 14.4 Å². The molecule has 3 aliphatic rings. The van der Waals surface area contributed by atoms with Crippen molar-refractivity contribution >= 4 is 17.6 Å². The minimum absolute atomic E-state index is 0.0515. The van der Waals surface area contributed by atoms with Gasteiger partial charge in [0.25, 0.3) is 0 Å². The predicted molar refractivity (Wildman–Crippen MR) is 119 cm³/mol. The lowest BCUT2D eigenvalue weighted by atomic mass is 9.82. The number of carbonyl (C=O) groups excluding carboxylic acids is 3. The van der Waals surface area contributed by atoms with E-state index < -0.39 is 5.60 Å². The van der Waals surface area contributed by atoms with E-state index in [4.69, 9.17) is 9.47 Å². The molecular formula is C24H33N3O5. The molecule has 2 amide bonds. The monoisotopic (exact) mass is 443 g/mol. The number of methoxy groups -OCH3 is 1. The van der Waals surface area contributed by atoms with Gasteiger partial charge in [-0.25, -0.2) is 0 Å². The van der Waals surface area contributed by atoms with Crippen molar-refractivity contribution in [2.24, 2.45) is 5.92 Å². The second kappa shape index (κ2) is 9.10. The molecule has 1 spiro atoms. The number of amides is 2. The van der Waals surface area contributed by atoms with E-state index >= 15 is 0 Å². The molecule has 0 bridgehead atoms. The molecule has 0 aromatic heterocycles. The van der Waals surface area contributed by atoms with Crippen LogP contribution in [0.3, 0.4) is 0 Å². The molecule has 0 saturated carbocycles. The molecule has 3 heterocycles. The summed E-state index contributed by atoms with van der Waals surface area (Å²) in [5.41, 5.74) is 0.00593. The number of ketones is 1. The Morgan fingerprint density at radius 1 is 1.25 bits per heavy atom. The van der Waals surface area contributed by atoms with E-state index in [0.717, 1.165) is 13.0 Å². The normalized spacial score (nSPS) is 22.3. The number of hydrogen-bond acceptors (Lipinski definition) is 6. The second-order valence-electron chi connectivity index (χ2n) is 9.47. The molecule has 2 saturated heterocycles. The lowest BCUT2D eigenvalue weighted by Crippen LogP contribution is -2.53. The number of nitrogens with zero attached hydrogens (tertiary/aromatic N) is 3. The van der Waals surface area contributed by atoms with Gasteiger partial charge in [0.15, 0.2) is 5.78 Å². The maximum atomic E-state index is 13.1. The number of piperidine rings is 1. The van der Waals surface area contributed by atoms with Crippen molar-refractivity contribution < 1.29 is 23.9 Å². The number of carbonyl (C=O) groups is 3. The minimum atomic E-state index is -0.556. The Balaban J connectivity index is 1.33. The summed E-state index contributed by atoms with van der Waals surface area (Å²) < 4.78 is 11.5. The Kier molecular flexibility index (Phi) is 6.42. The number of ether oxygens (including phenoxy) is 2. The van der Waals surface area contributed by atoms with Crippen LogP contribution in [0.4, 0.5) is 0 Å². The largest absolute Gasteiger partial charge is 0.497 e. The van der Waals surface area contributed by atoms with Gasteiger partial charge < -0.3 is 24.2 Å². The average molecular weight is 444 g/mol. The smallest absolute Gasteiger partial charge is 0.227 e. The summed E-state index contributed by atoms with van der Waals surface area (Å²) in [6, 6.07) is 5.31. The maximum absolute atomic E-state index is 13.1. The molecule has 3 aliphatic heterocycles. The number of Topliss-reactive ketones (excluding diaryl/α,β-unsaturated/α-hetero) is 1. The zero-order valence-electron chi connectivity index (χ0n) is 19.3. The zero-order chi connectivity index (χ0) is 22.9. The molecule has 174 valence electrons. The van der Waals surface area contributed by atoms with Crippen LogP contribution in [0.2, 0.25) is 0 Å². The van der Waals surface area contributed by atoms with Gasteiger partial charge in [-0.15, -0.1) is 0 Å². The van der Waals surface area contributed by atoms with E-state index in [-0.39, 0.29) is 23.5 Å². The molecule has 8 nitrogen and oxygen atoms in total. The van der Waals surface area contributed by atoms with E-state index in [1.54, 1.807) is 25.3 Å². The van der Waals surface area contributed by atoms with Crippen molar-refractivity contribution in [2.75, 3.05) is 53.9 Å². The number of likely N-dealkylation sites (tertiary alicyclic amines) is 2. The fourth-order valence-corrected chi connectivity index (χ4v) is 5.00. The zero-order valence-corrected chi connectivity index (χ0v) is 19.3. The van der Waals surface area contributed by atoms with E-state index in [0.29, 0.717) is 68.9 Å². The molecule has 2 fully saturated rings. The second-order valence-corrected chi connectivity index (χ2v) is 9.47. The van der Waals surface area contributed by atoms with Gasteiger partial charge in [0.2, 0.25) is 11.8 Å². The van der Waals surface area contributed by atoms with E-state index in [2.05, 4.69) is 4.90 Å². The minimum Gasteiger partial charge on any atom is -0.497 e. The van der Waals surface area contributed by atoms with Crippen molar-refractivity contribution in [2.45, 2.75) is 37.7 Å². The van der Waals surface area contributed by atoms with E-state index in [1.165, 1.54) is 0 Å². The van der Waals surface area contributed by atoms with Crippen LogP contribution < -0.4 is 9.47 Å². The molecule has 0 aliphatic carbocycles. The fourth-order valence-electron chi connectivity index (χ4n) is 5.00. The molecule has 0 N–H and O–H groups in total. The third-order valence-electron chi connectivity index (χ3n) is 6.88. The first kappa shape index (κ1) is 22.6. The highest BCUT2D eigenvalue weighted by atomic mass is 16.5. The molecular weight excluding hydrogens is 410 g/mol. The van der Waals surface area contributed by atoms with Crippen LogP contribution in [0.15, 0.2) is 18.2 Å². The third-order valence-corrected chi connectivity index (χ3v) is 6.88. The molecule has 0 radical (unpaired) electrons. The van der Waals surface area contributed by atoms with Gasteiger partial charge in [-0.1, -0.05) is 0 Å². The summed E-state index contributed by atoms with van der Waals surface area (Å²) in [4.78, 5) is 44.0. The van der Waals surface area contributed by atoms with Crippen LogP contribution in [0.25, 0.3) is 0 Å². The summed E-state index contributed by atoms with van der Waals surface area (Å²) in [5, 5.41) is 0. The summed E-state index contributed by atoms with van der Waals surface area (Å²) in [7, 11) is 5.60. The maximum Gasteiger partial charge on any atom is 0.227 e. The highest BCUT2D eigenvalue weighted by Crippen LogP contribution is 2.40. The molecule has 32 heavy (non-hydrogen) atoms. The summed E-state index contributed by atoms with van der Waals surface area (Å²) in [5.74, 6) is 1.15. The SMILES string of the molecule is COc1ccc2c(c1)C(=O)CC1(CCN(C(=O)C3CC(=O)N(CCCN(C)C)C3)CC1)O2. The van der Waals surface area contributed by atoms with Gasteiger partial charge in [-0.05, 0) is 45.3 Å². The summed E-state index contributed by atoms with van der Waals surface area (Å²) in [6.07, 6.45) is 2.75. The Hall–Kier alpha value is -2.61. The first-order valence-corrected chi connectivity index (χ1v) is 11.4. The van der Waals surface area contributed by atoms with Gasteiger partial charge in [0.1, 0.15) is 17.1 Å². The standard InChI is InChI=1S/C24H33N3O5/c1-25(2)9-4-10-27-16-17(13-22(27)29)23(30)26-11-7-24(8-12-26)15-20(28)19-14-18(31-3)5-6-21(19)32-24/h5-6,14,17H,4,7-13,15-16H2,1-3H3. The third kappa shape index (κ3) is 4.60. The first-order chi connectivity index (χ1) is 15.3. The Labute approximate surface area is 189 Å². The lowest BCUT2D eigenvalue weighted by molar-refractivity contribution is -0.139. The van der Waals surface area contributed by atoms with Crippen molar-refractivity contribution in [1.29, 1.82) is 0 Å². The highest BCUT2D eigenvalue weighted by molar-refractivity contribution is 6.00. The van der Waals surface area contributed by atoms with Crippen LogP contribution in [-0.2, 0) is 9.59 Å². The van der Waals surface area contributed by atoms with Gasteiger partial charge >= 0.3 is 0 Å². The van der Waals surface area contributed by atoms with Crippen LogP contribution in [-0.4, -0.2) is 91.8 Å². The van der Waals surface area contributed by atoms with Crippen LogP contribution in [0.5, 0.6) is 11.5 Å². The fraction of sp³-hybridized carbons (Fsp3) is 0.625. The van der Waals surface area contributed by atoms with Gasteiger partial charge in [0.05, 0.1) is 25.0 Å². The number of fused-ring (bicyclic) bond motifs is 1.